The molecule has 0 aliphatic carbocycles. The molecule has 0 amide bonds. The third kappa shape index (κ3) is 4.22. The third-order valence-electron chi connectivity index (χ3n) is 5.28. The molecule has 1 fully saturated rings. The molecular weight excluding hydrogens is 367 g/mol. The zero-order valence-corrected chi connectivity index (χ0v) is 16.0. The van der Waals surface area contributed by atoms with Crippen molar-refractivity contribution in [2.45, 2.75) is 51.4 Å². The van der Waals surface area contributed by atoms with Crippen LogP contribution in [-0.2, 0) is 11.0 Å². The monoisotopic (exact) mass is 391 g/mol. The van der Waals surface area contributed by atoms with Crippen molar-refractivity contribution in [3.63, 3.8) is 0 Å². The summed E-state index contributed by atoms with van der Waals surface area (Å²) in [5.41, 5.74) is 1.96. The minimum absolute atomic E-state index is 0.105. The van der Waals surface area contributed by atoms with Gasteiger partial charge >= 0.3 is 12.1 Å². The van der Waals surface area contributed by atoms with Crippen LogP contribution in [0.4, 0.5) is 13.2 Å². The fourth-order valence-corrected chi connectivity index (χ4v) is 4.24. The second kappa shape index (κ2) is 7.95. The van der Waals surface area contributed by atoms with Crippen LogP contribution in [-0.4, -0.2) is 28.6 Å². The molecule has 1 heterocycles. The number of piperidine rings is 1. The number of aliphatic carboxylic acids is 1. The smallest absolute Gasteiger partial charge is 0.416 e. The molecule has 0 radical (unpaired) electrons. The van der Waals surface area contributed by atoms with E-state index in [9.17, 15) is 23.1 Å². The second-order valence-corrected chi connectivity index (χ2v) is 7.50. The Bertz CT molecular complexity index is 843. The Balaban J connectivity index is 2.22. The molecular formula is C22H24F3NO2. The van der Waals surface area contributed by atoms with E-state index in [2.05, 4.69) is 0 Å². The fourth-order valence-electron chi connectivity index (χ4n) is 4.24. The van der Waals surface area contributed by atoms with Crippen LogP contribution in [0.2, 0.25) is 0 Å². The lowest BCUT2D eigenvalue weighted by molar-refractivity contribution is -0.145. The van der Waals surface area contributed by atoms with Crippen LogP contribution < -0.4 is 0 Å². The summed E-state index contributed by atoms with van der Waals surface area (Å²) in [6, 6.07) is 9.61. The number of halogens is 3. The maximum Gasteiger partial charge on any atom is 0.416 e. The van der Waals surface area contributed by atoms with Crippen LogP contribution in [0.5, 0.6) is 0 Å². The molecule has 150 valence electrons. The molecule has 0 saturated carbocycles. The summed E-state index contributed by atoms with van der Waals surface area (Å²) in [7, 11) is 0. The van der Waals surface area contributed by atoms with Gasteiger partial charge in [0, 0.05) is 0 Å². The molecule has 1 aliphatic rings. The number of nitrogens with zero attached hydrogens (tertiary/aromatic N) is 1. The Morgan fingerprint density at radius 2 is 1.75 bits per heavy atom. The van der Waals surface area contributed by atoms with Crippen molar-refractivity contribution in [1.82, 2.24) is 4.90 Å². The Labute approximate surface area is 162 Å². The number of carboxylic acid groups (broad SMARTS) is 1. The molecule has 6 heteroatoms. The van der Waals surface area contributed by atoms with Gasteiger partial charge in [0.1, 0.15) is 6.04 Å². The van der Waals surface area contributed by atoms with E-state index in [-0.39, 0.29) is 5.56 Å². The lowest BCUT2D eigenvalue weighted by atomic mass is 9.88. The van der Waals surface area contributed by atoms with E-state index in [0.29, 0.717) is 18.5 Å². The molecule has 2 aromatic carbocycles. The highest BCUT2D eigenvalue weighted by Gasteiger charge is 2.40. The van der Waals surface area contributed by atoms with Crippen molar-refractivity contribution in [1.29, 1.82) is 0 Å². The first kappa shape index (κ1) is 20.4. The molecule has 0 bridgehead atoms. The van der Waals surface area contributed by atoms with Crippen molar-refractivity contribution < 1.29 is 23.1 Å². The van der Waals surface area contributed by atoms with E-state index in [1.807, 2.05) is 32.0 Å². The summed E-state index contributed by atoms with van der Waals surface area (Å²) in [4.78, 5) is 13.6. The molecule has 1 N–H and O–H groups in total. The van der Waals surface area contributed by atoms with Gasteiger partial charge in [0.05, 0.1) is 11.6 Å². The fraction of sp³-hybridized carbons (Fsp3) is 0.409. The summed E-state index contributed by atoms with van der Waals surface area (Å²) >= 11 is 0. The molecule has 2 aromatic rings. The maximum absolute atomic E-state index is 13.8. The number of carbonyl (C=O) groups is 1. The van der Waals surface area contributed by atoms with Crippen LogP contribution in [0.15, 0.2) is 42.5 Å². The highest BCUT2D eigenvalue weighted by atomic mass is 19.4. The number of aryl methyl sites for hydroxylation is 2. The molecule has 1 aliphatic heterocycles. The minimum atomic E-state index is -4.51. The van der Waals surface area contributed by atoms with Gasteiger partial charge in [-0.3, -0.25) is 9.69 Å². The average Bonchev–Trinajstić information content (AvgIpc) is 2.61. The SMILES string of the molecule is Cc1cc(C)cc(C(c2ccccc2C(F)(F)F)N2CCCCC2C(=O)O)c1. The predicted octanol–water partition coefficient (Wildman–Crippen LogP) is 5.35. The van der Waals surface area contributed by atoms with Gasteiger partial charge in [-0.2, -0.15) is 13.2 Å². The summed E-state index contributed by atoms with van der Waals surface area (Å²) < 4.78 is 41.3. The van der Waals surface area contributed by atoms with Crippen molar-refractivity contribution >= 4 is 5.97 Å². The quantitative estimate of drug-likeness (QED) is 0.764. The number of hydrogen-bond donors (Lipinski definition) is 1. The molecule has 3 nitrogen and oxygen atoms in total. The van der Waals surface area contributed by atoms with Crippen LogP contribution in [0.3, 0.4) is 0 Å². The van der Waals surface area contributed by atoms with Crippen LogP contribution in [0.25, 0.3) is 0 Å². The molecule has 2 atom stereocenters. The van der Waals surface area contributed by atoms with Gasteiger partial charge < -0.3 is 5.11 Å². The predicted molar refractivity (Wildman–Crippen MR) is 101 cm³/mol. The molecule has 28 heavy (non-hydrogen) atoms. The summed E-state index contributed by atoms with van der Waals surface area (Å²) in [6.45, 7) is 4.24. The highest BCUT2D eigenvalue weighted by Crippen LogP contribution is 2.41. The minimum Gasteiger partial charge on any atom is -0.480 e. The van der Waals surface area contributed by atoms with Crippen LogP contribution in [0.1, 0.15) is 53.1 Å². The van der Waals surface area contributed by atoms with Crippen molar-refractivity contribution in [2.75, 3.05) is 6.54 Å². The van der Waals surface area contributed by atoms with Gasteiger partial charge in [-0.25, -0.2) is 0 Å². The number of alkyl halides is 3. The van der Waals surface area contributed by atoms with E-state index >= 15 is 0 Å². The topological polar surface area (TPSA) is 40.5 Å². The Hall–Kier alpha value is -2.34. The third-order valence-corrected chi connectivity index (χ3v) is 5.28. The molecule has 3 rings (SSSR count). The summed E-state index contributed by atoms with van der Waals surface area (Å²) in [6.07, 6.45) is -2.56. The van der Waals surface area contributed by atoms with Gasteiger partial charge in [0.15, 0.2) is 0 Å². The van der Waals surface area contributed by atoms with Gasteiger partial charge in [0.2, 0.25) is 0 Å². The zero-order chi connectivity index (χ0) is 20.5. The largest absolute Gasteiger partial charge is 0.480 e. The normalized spacial score (nSPS) is 19.4. The van der Waals surface area contributed by atoms with Gasteiger partial charge in [0.25, 0.3) is 0 Å². The maximum atomic E-state index is 13.8. The lowest BCUT2D eigenvalue weighted by Crippen LogP contribution is -2.47. The lowest BCUT2D eigenvalue weighted by Gasteiger charge is -2.40. The molecule has 0 spiro atoms. The van der Waals surface area contributed by atoms with E-state index in [0.717, 1.165) is 30.0 Å². The average molecular weight is 391 g/mol. The second-order valence-electron chi connectivity index (χ2n) is 7.50. The Morgan fingerprint density at radius 3 is 2.36 bits per heavy atom. The molecule has 2 unspecified atom stereocenters. The molecule has 1 saturated heterocycles. The van der Waals surface area contributed by atoms with E-state index in [4.69, 9.17) is 0 Å². The van der Waals surface area contributed by atoms with Crippen molar-refractivity contribution in [2.24, 2.45) is 0 Å². The Morgan fingerprint density at radius 1 is 1.11 bits per heavy atom. The number of carboxylic acids is 1. The zero-order valence-electron chi connectivity index (χ0n) is 16.0. The number of benzene rings is 2. The van der Waals surface area contributed by atoms with E-state index < -0.39 is 29.8 Å². The number of rotatable bonds is 4. The summed E-state index contributed by atoms with van der Waals surface area (Å²) in [5, 5.41) is 9.73. The van der Waals surface area contributed by atoms with Gasteiger partial charge in [-0.05, 0) is 50.4 Å². The van der Waals surface area contributed by atoms with Crippen molar-refractivity contribution in [3.05, 3.63) is 70.3 Å². The first-order valence-corrected chi connectivity index (χ1v) is 9.41. The highest BCUT2D eigenvalue weighted by molar-refractivity contribution is 5.73. The van der Waals surface area contributed by atoms with Gasteiger partial charge in [-0.15, -0.1) is 0 Å². The summed E-state index contributed by atoms with van der Waals surface area (Å²) in [5.74, 6) is -0.987. The number of hydrogen-bond acceptors (Lipinski definition) is 2. The Kier molecular flexibility index (Phi) is 5.79. The van der Waals surface area contributed by atoms with Gasteiger partial charge in [-0.1, -0.05) is 53.9 Å². The van der Waals surface area contributed by atoms with Crippen molar-refractivity contribution in [3.8, 4) is 0 Å². The molecule has 0 aromatic heterocycles. The number of likely N-dealkylation sites (tertiary alicyclic amines) is 1. The van der Waals surface area contributed by atoms with E-state index in [1.165, 1.54) is 12.1 Å². The standard InChI is InChI=1S/C22H24F3NO2/c1-14-11-15(2)13-16(12-14)20(26-10-6-5-9-19(26)21(27)28)17-7-3-4-8-18(17)22(23,24)25/h3-4,7-8,11-13,19-20H,5-6,9-10H2,1-2H3,(H,27,28). The first-order chi connectivity index (χ1) is 13.2. The van der Waals surface area contributed by atoms with Crippen LogP contribution >= 0.6 is 0 Å². The van der Waals surface area contributed by atoms with Crippen LogP contribution in [0, 0.1) is 13.8 Å². The first-order valence-electron chi connectivity index (χ1n) is 9.41. The van der Waals surface area contributed by atoms with E-state index in [1.54, 1.807) is 11.0 Å².